The van der Waals surface area contributed by atoms with Crippen LogP contribution in [0.2, 0.25) is 0 Å². The molecule has 2 aromatic carbocycles. The van der Waals surface area contributed by atoms with Gasteiger partial charge in [-0.15, -0.1) is 0 Å². The van der Waals surface area contributed by atoms with Crippen LogP contribution in [-0.4, -0.2) is 35.7 Å². The quantitative estimate of drug-likeness (QED) is 0.608. The summed E-state index contributed by atoms with van der Waals surface area (Å²) in [5, 5.41) is 4.19. The Morgan fingerprint density at radius 1 is 0.935 bits per heavy atom. The number of aryl methyl sites for hydroxylation is 2. The first kappa shape index (κ1) is 19.8. The maximum atomic E-state index is 12.7. The first-order valence-corrected chi connectivity index (χ1v) is 11.1. The van der Waals surface area contributed by atoms with Crippen LogP contribution >= 0.6 is 0 Å². The molecule has 0 saturated carbocycles. The lowest BCUT2D eigenvalue weighted by Crippen LogP contribution is -2.29. The van der Waals surface area contributed by atoms with Crippen LogP contribution in [0.25, 0.3) is 11.4 Å². The highest BCUT2D eigenvalue weighted by atomic mass is 16.5. The van der Waals surface area contributed by atoms with Crippen molar-refractivity contribution in [2.75, 3.05) is 29.4 Å². The Balaban J connectivity index is 1.30. The molecule has 0 bridgehead atoms. The van der Waals surface area contributed by atoms with Crippen molar-refractivity contribution in [3.63, 3.8) is 0 Å². The number of nitrogens with zero attached hydrogens (tertiary/aromatic N) is 4. The van der Waals surface area contributed by atoms with Gasteiger partial charge in [0.1, 0.15) is 0 Å². The molecule has 1 amide bonds. The van der Waals surface area contributed by atoms with E-state index in [1.54, 1.807) is 0 Å². The summed E-state index contributed by atoms with van der Waals surface area (Å²) in [5.41, 5.74) is 5.52. The number of piperidine rings is 1. The number of aromatic nitrogens is 2. The third kappa shape index (κ3) is 3.94. The fourth-order valence-electron chi connectivity index (χ4n) is 4.51. The molecule has 1 atom stereocenters. The summed E-state index contributed by atoms with van der Waals surface area (Å²) >= 11 is 0. The highest BCUT2D eigenvalue weighted by molar-refractivity contribution is 5.96. The number of hydrogen-bond donors (Lipinski definition) is 0. The summed E-state index contributed by atoms with van der Waals surface area (Å²) in [6, 6.07) is 14.5. The average molecular weight is 417 g/mol. The van der Waals surface area contributed by atoms with Gasteiger partial charge in [0.25, 0.3) is 0 Å². The van der Waals surface area contributed by atoms with Crippen molar-refractivity contribution in [3.8, 4) is 11.4 Å². The third-order valence-electron chi connectivity index (χ3n) is 6.56. The lowest BCUT2D eigenvalue weighted by molar-refractivity contribution is -0.117. The molecule has 2 saturated heterocycles. The Morgan fingerprint density at radius 3 is 2.42 bits per heavy atom. The molecule has 0 N–H and O–H groups in total. The van der Waals surface area contributed by atoms with Crippen LogP contribution in [0.3, 0.4) is 0 Å². The smallest absolute Gasteiger partial charge is 0.232 e. The second-order valence-electron chi connectivity index (χ2n) is 8.72. The van der Waals surface area contributed by atoms with Crippen LogP contribution < -0.4 is 9.80 Å². The van der Waals surface area contributed by atoms with E-state index in [1.807, 2.05) is 11.0 Å². The van der Waals surface area contributed by atoms with Crippen molar-refractivity contribution in [2.45, 2.75) is 45.4 Å². The molecule has 6 nitrogen and oxygen atoms in total. The van der Waals surface area contributed by atoms with E-state index in [-0.39, 0.29) is 11.8 Å². The number of benzene rings is 2. The lowest BCUT2D eigenvalue weighted by atomic mass is 10.1. The predicted octanol–water partition coefficient (Wildman–Crippen LogP) is 4.86. The number of rotatable bonds is 4. The minimum atomic E-state index is -0.0806. The molecule has 2 fully saturated rings. The Bertz CT molecular complexity index is 1080. The van der Waals surface area contributed by atoms with Gasteiger partial charge in [0.2, 0.25) is 17.6 Å². The van der Waals surface area contributed by atoms with Crippen molar-refractivity contribution in [1.82, 2.24) is 10.1 Å². The predicted molar refractivity (Wildman–Crippen MR) is 121 cm³/mol. The van der Waals surface area contributed by atoms with Crippen LogP contribution in [-0.2, 0) is 4.79 Å². The van der Waals surface area contributed by atoms with Gasteiger partial charge in [0.15, 0.2) is 0 Å². The molecular weight excluding hydrogens is 388 g/mol. The van der Waals surface area contributed by atoms with E-state index in [1.165, 1.54) is 36.1 Å². The van der Waals surface area contributed by atoms with E-state index >= 15 is 0 Å². The topological polar surface area (TPSA) is 62.5 Å². The van der Waals surface area contributed by atoms with Gasteiger partial charge in [0, 0.05) is 43.0 Å². The van der Waals surface area contributed by atoms with E-state index in [9.17, 15) is 4.79 Å². The van der Waals surface area contributed by atoms with Crippen LogP contribution in [0.1, 0.15) is 48.6 Å². The minimum Gasteiger partial charge on any atom is -0.372 e. The molecule has 6 heteroatoms. The van der Waals surface area contributed by atoms with Crippen LogP contribution in [0.15, 0.2) is 47.0 Å². The third-order valence-corrected chi connectivity index (χ3v) is 6.56. The summed E-state index contributed by atoms with van der Waals surface area (Å²) in [6.07, 6.45) is 4.23. The van der Waals surface area contributed by atoms with Crippen LogP contribution in [0.5, 0.6) is 0 Å². The monoisotopic (exact) mass is 416 g/mol. The van der Waals surface area contributed by atoms with Gasteiger partial charge in [-0.1, -0.05) is 11.2 Å². The van der Waals surface area contributed by atoms with E-state index in [0.717, 1.165) is 24.3 Å². The highest BCUT2D eigenvalue weighted by Crippen LogP contribution is 2.33. The zero-order valence-electron chi connectivity index (χ0n) is 18.2. The Hall–Kier alpha value is -3.15. The maximum Gasteiger partial charge on any atom is 0.232 e. The molecule has 0 spiro atoms. The van der Waals surface area contributed by atoms with Crippen molar-refractivity contribution in [3.05, 3.63) is 59.5 Å². The summed E-state index contributed by atoms with van der Waals surface area (Å²) in [7, 11) is 0. The van der Waals surface area contributed by atoms with Gasteiger partial charge in [0.05, 0.1) is 5.92 Å². The molecule has 3 aromatic rings. The van der Waals surface area contributed by atoms with Gasteiger partial charge in [-0.05, 0) is 80.6 Å². The van der Waals surface area contributed by atoms with Crippen molar-refractivity contribution in [1.29, 1.82) is 0 Å². The van der Waals surface area contributed by atoms with Gasteiger partial charge >= 0.3 is 0 Å². The molecular formula is C25H28N4O2. The second kappa shape index (κ2) is 8.17. The summed E-state index contributed by atoms with van der Waals surface area (Å²) < 4.78 is 5.57. The first-order valence-electron chi connectivity index (χ1n) is 11.1. The molecule has 2 aliphatic rings. The van der Waals surface area contributed by atoms with Gasteiger partial charge in [-0.3, -0.25) is 4.79 Å². The SMILES string of the molecule is Cc1ccc(N2C[C@@H](c3nc(-c4ccc(N5CCCCC5)cc4)no3)CC2=O)cc1C. The Morgan fingerprint density at radius 2 is 1.68 bits per heavy atom. The van der Waals surface area contributed by atoms with Crippen molar-refractivity contribution >= 4 is 17.3 Å². The zero-order chi connectivity index (χ0) is 21.4. The largest absolute Gasteiger partial charge is 0.372 e. The normalized spacial score (nSPS) is 19.3. The average Bonchev–Trinajstić information content (AvgIpc) is 3.44. The molecule has 0 radical (unpaired) electrons. The van der Waals surface area contributed by atoms with E-state index in [2.05, 4.69) is 65.3 Å². The number of carbonyl (C=O) groups excluding carboxylic acids is 1. The highest BCUT2D eigenvalue weighted by Gasteiger charge is 2.35. The number of anilines is 2. The van der Waals surface area contributed by atoms with Gasteiger partial charge < -0.3 is 14.3 Å². The Kier molecular flexibility index (Phi) is 5.22. The molecule has 3 heterocycles. The summed E-state index contributed by atoms with van der Waals surface area (Å²) in [6.45, 7) is 6.96. The molecule has 5 rings (SSSR count). The molecule has 160 valence electrons. The molecule has 31 heavy (non-hydrogen) atoms. The standard InChI is InChI=1S/C25H28N4O2/c1-17-6-9-22(14-18(17)2)29-16-20(15-23(29)30)25-26-24(27-31-25)19-7-10-21(11-8-19)28-12-4-3-5-13-28/h6-11,14,20H,3-5,12-13,15-16H2,1-2H3/t20-/m0/s1. The van der Waals surface area contributed by atoms with Crippen LogP contribution in [0, 0.1) is 13.8 Å². The second-order valence-corrected chi connectivity index (χ2v) is 8.72. The minimum absolute atomic E-state index is 0.0806. The summed E-state index contributed by atoms with van der Waals surface area (Å²) in [4.78, 5) is 21.5. The van der Waals surface area contributed by atoms with Crippen molar-refractivity contribution in [2.24, 2.45) is 0 Å². The molecule has 1 aromatic heterocycles. The number of carbonyl (C=O) groups is 1. The van der Waals surface area contributed by atoms with E-state index < -0.39 is 0 Å². The van der Waals surface area contributed by atoms with E-state index in [4.69, 9.17) is 4.52 Å². The molecule has 2 aliphatic heterocycles. The van der Waals surface area contributed by atoms with Crippen LogP contribution in [0.4, 0.5) is 11.4 Å². The number of amides is 1. The van der Waals surface area contributed by atoms with Gasteiger partial charge in [-0.25, -0.2) is 0 Å². The lowest BCUT2D eigenvalue weighted by Gasteiger charge is -2.28. The fourth-order valence-corrected chi connectivity index (χ4v) is 4.51. The summed E-state index contributed by atoms with van der Waals surface area (Å²) in [5.74, 6) is 1.13. The van der Waals surface area contributed by atoms with Gasteiger partial charge in [-0.2, -0.15) is 4.98 Å². The zero-order valence-corrected chi connectivity index (χ0v) is 18.2. The molecule has 0 aliphatic carbocycles. The van der Waals surface area contributed by atoms with Crippen molar-refractivity contribution < 1.29 is 9.32 Å². The maximum absolute atomic E-state index is 12.7. The fraction of sp³-hybridized carbons (Fsp3) is 0.400. The van der Waals surface area contributed by atoms with E-state index in [0.29, 0.717) is 24.7 Å². The Labute approximate surface area is 182 Å². The molecule has 0 unspecified atom stereocenters. The first-order chi connectivity index (χ1) is 15.1. The number of hydrogen-bond acceptors (Lipinski definition) is 5.